The molecule has 0 atom stereocenters. The van der Waals surface area contributed by atoms with Crippen LogP contribution < -0.4 is 10.6 Å². The molecule has 2 N–H and O–H groups in total. The maximum atomic E-state index is 11.4. The molecule has 1 aromatic carbocycles. The van der Waals surface area contributed by atoms with Gasteiger partial charge in [-0.2, -0.15) is 0 Å². The number of furan rings is 1. The molecule has 0 unspecified atom stereocenters. The topological polar surface area (TPSA) is 69.9 Å². The first-order chi connectivity index (χ1) is 12.7. The van der Waals surface area contributed by atoms with Crippen molar-refractivity contribution in [3.8, 4) is 11.3 Å². The minimum Gasteiger partial charge on any atom is -0.459 e. The zero-order chi connectivity index (χ0) is 18.4. The first kappa shape index (κ1) is 18.0. The smallest absolute Gasteiger partial charge is 0.219 e. The quantitative estimate of drug-likeness (QED) is 0.654. The predicted octanol–water partition coefficient (Wildman–Crippen LogP) is 2.62. The van der Waals surface area contributed by atoms with Crippen LogP contribution in [0.3, 0.4) is 0 Å². The largest absolute Gasteiger partial charge is 0.459 e. The van der Waals surface area contributed by atoms with Crippen LogP contribution in [0, 0.1) is 0 Å². The van der Waals surface area contributed by atoms with Crippen LogP contribution in [0.1, 0.15) is 25.5 Å². The van der Waals surface area contributed by atoms with Gasteiger partial charge in [-0.1, -0.05) is 30.3 Å². The Labute approximate surface area is 154 Å². The number of piperidine rings is 1. The minimum absolute atomic E-state index is 0.151. The number of carbonyl (C=O) groups is 1. The van der Waals surface area contributed by atoms with Crippen molar-refractivity contribution in [3.63, 3.8) is 0 Å². The van der Waals surface area contributed by atoms with Gasteiger partial charge in [0.1, 0.15) is 11.5 Å². The second-order valence-corrected chi connectivity index (χ2v) is 6.48. The number of nitrogens with zero attached hydrogens (tertiary/aromatic N) is 2. The van der Waals surface area contributed by atoms with Crippen LogP contribution in [0.4, 0.5) is 0 Å². The van der Waals surface area contributed by atoms with Crippen molar-refractivity contribution in [3.05, 3.63) is 48.2 Å². The molecule has 0 aliphatic carbocycles. The van der Waals surface area contributed by atoms with Crippen molar-refractivity contribution in [1.82, 2.24) is 15.5 Å². The van der Waals surface area contributed by atoms with Crippen LogP contribution in [0.25, 0.3) is 11.3 Å². The van der Waals surface area contributed by atoms with Gasteiger partial charge in [-0.3, -0.25) is 9.79 Å². The lowest BCUT2D eigenvalue weighted by atomic mass is 10.1. The summed E-state index contributed by atoms with van der Waals surface area (Å²) in [6.07, 6.45) is 1.86. The number of amides is 1. The molecule has 2 aromatic rings. The van der Waals surface area contributed by atoms with E-state index in [1.807, 2.05) is 47.4 Å². The third kappa shape index (κ3) is 4.65. The van der Waals surface area contributed by atoms with Crippen molar-refractivity contribution in [2.75, 3.05) is 20.1 Å². The number of aliphatic imine (C=N–C) groups is 1. The number of nitrogens with one attached hydrogen (secondary N) is 2. The molecule has 138 valence electrons. The number of hydrogen-bond acceptors (Lipinski definition) is 3. The molecule has 1 aliphatic heterocycles. The van der Waals surface area contributed by atoms with Crippen LogP contribution in [0.15, 0.2) is 51.9 Å². The van der Waals surface area contributed by atoms with Gasteiger partial charge in [0.2, 0.25) is 5.91 Å². The summed E-state index contributed by atoms with van der Waals surface area (Å²) >= 11 is 0. The third-order valence-electron chi connectivity index (χ3n) is 4.65. The van der Waals surface area contributed by atoms with Crippen LogP contribution >= 0.6 is 0 Å². The maximum Gasteiger partial charge on any atom is 0.219 e. The Hall–Kier alpha value is -2.76. The normalized spacial score (nSPS) is 15.8. The van der Waals surface area contributed by atoms with Gasteiger partial charge >= 0.3 is 0 Å². The van der Waals surface area contributed by atoms with E-state index in [0.29, 0.717) is 12.6 Å². The predicted molar refractivity (Wildman–Crippen MR) is 103 cm³/mol. The van der Waals surface area contributed by atoms with E-state index in [1.54, 1.807) is 14.0 Å². The molecular weight excluding hydrogens is 328 g/mol. The summed E-state index contributed by atoms with van der Waals surface area (Å²) in [7, 11) is 1.76. The standard InChI is InChI=1S/C20H26N4O2/c1-15(25)24-12-10-17(11-13-24)23-20(21-2)22-14-18-8-9-19(26-18)16-6-4-3-5-7-16/h3-9,17H,10-14H2,1-2H3,(H2,21,22,23). The fraction of sp³-hybridized carbons (Fsp3) is 0.400. The number of guanidine groups is 1. The van der Waals surface area contributed by atoms with Gasteiger partial charge in [0, 0.05) is 38.7 Å². The molecule has 3 rings (SSSR count). The first-order valence-electron chi connectivity index (χ1n) is 9.02. The van der Waals surface area contributed by atoms with Gasteiger partial charge in [0.15, 0.2) is 5.96 Å². The number of carbonyl (C=O) groups excluding carboxylic acids is 1. The fourth-order valence-corrected chi connectivity index (χ4v) is 3.13. The molecule has 1 saturated heterocycles. The molecule has 0 bridgehead atoms. The molecule has 1 aliphatic rings. The van der Waals surface area contributed by atoms with Crippen LogP contribution in [-0.2, 0) is 11.3 Å². The van der Waals surface area contributed by atoms with E-state index in [0.717, 1.165) is 49.0 Å². The first-order valence-corrected chi connectivity index (χ1v) is 9.02. The Morgan fingerprint density at radius 1 is 1.19 bits per heavy atom. The summed E-state index contributed by atoms with van der Waals surface area (Å²) in [4.78, 5) is 17.6. The second kappa shape index (κ2) is 8.56. The molecule has 0 radical (unpaired) electrons. The lowest BCUT2D eigenvalue weighted by Crippen LogP contribution is -2.49. The maximum absolute atomic E-state index is 11.4. The van der Waals surface area contributed by atoms with Crippen LogP contribution in [-0.4, -0.2) is 42.9 Å². The van der Waals surface area contributed by atoms with Crippen LogP contribution in [0.2, 0.25) is 0 Å². The number of benzene rings is 1. The zero-order valence-electron chi connectivity index (χ0n) is 15.4. The molecule has 6 heteroatoms. The average molecular weight is 354 g/mol. The molecular formula is C20H26N4O2. The lowest BCUT2D eigenvalue weighted by molar-refractivity contribution is -0.129. The summed E-state index contributed by atoms with van der Waals surface area (Å²) in [6, 6.07) is 14.3. The van der Waals surface area contributed by atoms with Crippen LogP contribution in [0.5, 0.6) is 0 Å². The van der Waals surface area contributed by atoms with E-state index in [1.165, 1.54) is 0 Å². The van der Waals surface area contributed by atoms with Crippen molar-refractivity contribution < 1.29 is 9.21 Å². The summed E-state index contributed by atoms with van der Waals surface area (Å²) in [5, 5.41) is 6.73. The Balaban J connectivity index is 1.49. The summed E-state index contributed by atoms with van der Waals surface area (Å²) in [6.45, 7) is 3.78. The summed E-state index contributed by atoms with van der Waals surface area (Å²) in [5.74, 6) is 2.63. The number of rotatable bonds is 4. The van der Waals surface area contributed by atoms with Gasteiger partial charge in [0.05, 0.1) is 6.54 Å². The van der Waals surface area contributed by atoms with E-state index >= 15 is 0 Å². The van der Waals surface area contributed by atoms with Gasteiger partial charge in [0.25, 0.3) is 0 Å². The van der Waals surface area contributed by atoms with Crippen molar-refractivity contribution in [2.24, 2.45) is 4.99 Å². The highest BCUT2D eigenvalue weighted by Gasteiger charge is 2.21. The van der Waals surface area contributed by atoms with Crippen molar-refractivity contribution in [1.29, 1.82) is 0 Å². The molecule has 2 heterocycles. The highest BCUT2D eigenvalue weighted by molar-refractivity contribution is 5.80. The molecule has 26 heavy (non-hydrogen) atoms. The third-order valence-corrected chi connectivity index (χ3v) is 4.65. The van der Waals surface area contributed by atoms with Crippen molar-refractivity contribution in [2.45, 2.75) is 32.4 Å². The minimum atomic E-state index is 0.151. The fourth-order valence-electron chi connectivity index (χ4n) is 3.13. The number of likely N-dealkylation sites (tertiary alicyclic amines) is 1. The zero-order valence-corrected chi connectivity index (χ0v) is 15.4. The summed E-state index contributed by atoms with van der Waals surface area (Å²) in [5.41, 5.74) is 1.07. The van der Waals surface area contributed by atoms with Gasteiger partial charge in [-0.15, -0.1) is 0 Å². The highest BCUT2D eigenvalue weighted by atomic mass is 16.3. The van der Waals surface area contributed by atoms with E-state index in [4.69, 9.17) is 4.42 Å². The Morgan fingerprint density at radius 2 is 1.92 bits per heavy atom. The Bertz CT molecular complexity index is 746. The Morgan fingerprint density at radius 3 is 2.58 bits per heavy atom. The highest BCUT2D eigenvalue weighted by Crippen LogP contribution is 2.21. The van der Waals surface area contributed by atoms with Gasteiger partial charge < -0.3 is 20.0 Å². The SMILES string of the molecule is CN=C(NCc1ccc(-c2ccccc2)o1)NC1CCN(C(C)=O)CC1. The summed E-state index contributed by atoms with van der Waals surface area (Å²) < 4.78 is 5.91. The lowest BCUT2D eigenvalue weighted by Gasteiger charge is -2.32. The average Bonchev–Trinajstić information content (AvgIpc) is 3.15. The van der Waals surface area contributed by atoms with E-state index in [-0.39, 0.29) is 5.91 Å². The molecule has 6 nitrogen and oxygen atoms in total. The molecule has 1 amide bonds. The van der Waals surface area contributed by atoms with E-state index < -0.39 is 0 Å². The van der Waals surface area contributed by atoms with Gasteiger partial charge in [-0.05, 0) is 25.0 Å². The van der Waals surface area contributed by atoms with E-state index in [2.05, 4.69) is 15.6 Å². The molecule has 0 spiro atoms. The van der Waals surface area contributed by atoms with Crippen molar-refractivity contribution >= 4 is 11.9 Å². The molecule has 0 saturated carbocycles. The van der Waals surface area contributed by atoms with E-state index in [9.17, 15) is 4.79 Å². The molecule has 1 fully saturated rings. The molecule has 1 aromatic heterocycles. The number of hydrogen-bond donors (Lipinski definition) is 2. The second-order valence-electron chi connectivity index (χ2n) is 6.48. The monoisotopic (exact) mass is 354 g/mol. The Kier molecular flexibility index (Phi) is 5.94. The van der Waals surface area contributed by atoms with Gasteiger partial charge in [-0.25, -0.2) is 0 Å².